The summed E-state index contributed by atoms with van der Waals surface area (Å²) < 4.78 is 32.8. The first-order valence-corrected chi connectivity index (χ1v) is 17.8. The maximum atomic E-state index is 17.4. The van der Waals surface area contributed by atoms with Crippen LogP contribution in [0.25, 0.3) is 0 Å². The summed E-state index contributed by atoms with van der Waals surface area (Å²) in [6, 6.07) is 4.74. The number of alkyl halides is 1. The van der Waals surface area contributed by atoms with Crippen LogP contribution in [0, 0.1) is 32.8 Å². The first-order valence-electron chi connectivity index (χ1n) is 17.8. The smallest absolute Gasteiger partial charge is 0.464 e. The second-order valence-corrected chi connectivity index (χ2v) is 14.9. The number of amides is 1. The summed E-state index contributed by atoms with van der Waals surface area (Å²) in [5, 5.41) is 46.4. The number of benzene rings is 1. The van der Waals surface area contributed by atoms with Crippen molar-refractivity contribution in [2.24, 2.45) is 22.7 Å². The SMILES string of the molecule is CC(=O)N[C@H](Cc1cccc(OC(=O)OCC(=O)[C@@]2(O)[C@@H](O)C[C@H]3[C@@H]4CCC5=CC(=O)C=C[C@]5(C)[C@@]4(F)[C@@H](O)C[C@@]32C)c1)C(=O)OCCCCO[N+](=O)[O-]. The predicted octanol–water partition coefficient (Wildman–Crippen LogP) is 2.42. The molecule has 0 aliphatic heterocycles. The number of allylic oxidation sites excluding steroid dienone is 4. The minimum absolute atomic E-state index is 0.0512. The molecule has 4 aliphatic rings. The molecule has 4 N–H and O–H groups in total. The van der Waals surface area contributed by atoms with Crippen LogP contribution in [-0.2, 0) is 39.9 Å². The van der Waals surface area contributed by atoms with E-state index in [2.05, 4.69) is 10.2 Å². The molecule has 0 radical (unpaired) electrons. The quantitative estimate of drug-likeness (QED) is 0.0701. The van der Waals surface area contributed by atoms with Crippen LogP contribution < -0.4 is 10.1 Å². The highest BCUT2D eigenvalue weighted by Crippen LogP contribution is 2.69. The minimum Gasteiger partial charge on any atom is -0.464 e. The van der Waals surface area contributed by atoms with Crippen LogP contribution in [0.1, 0.15) is 64.9 Å². The Morgan fingerprint density at radius 3 is 2.52 bits per heavy atom. The number of halogens is 1. The molecular weight excluding hydrogens is 715 g/mol. The number of ether oxygens (including phenoxy) is 3. The topological polar surface area (TPSA) is 238 Å². The average Bonchev–Trinajstić information content (AvgIpc) is 3.30. The number of unbranched alkanes of at least 4 members (excludes halogenated alkanes) is 1. The number of nitrogens with one attached hydrogen (secondary N) is 1. The Kier molecular flexibility index (Phi) is 11.6. The Labute approximate surface area is 309 Å². The van der Waals surface area contributed by atoms with Crippen LogP contribution in [0.15, 0.2) is 48.1 Å². The number of fused-ring (bicyclic) bond motifs is 5. The highest BCUT2D eigenvalue weighted by Gasteiger charge is 2.76. The number of hydrogen-bond donors (Lipinski definition) is 4. The zero-order chi connectivity index (χ0) is 39.6. The molecule has 5 rings (SSSR count). The minimum atomic E-state index is -2.51. The molecule has 9 atom stereocenters. The van der Waals surface area contributed by atoms with Crippen molar-refractivity contribution in [3.63, 3.8) is 0 Å². The standard InChI is InChI=1S/C37H45FN2O14/c1-21(41)39-28(32(46)51-13-4-5-14-53-40(49)50)16-22-7-6-8-25(15-22)54-33(47)52-20-31(45)37(48)29(43)18-27-26-10-9-23-17-24(42)11-12-34(23,2)36(26,38)30(44)19-35(27,37)3/h6-8,11-12,15,17,26-30,43-44,48H,4-5,9-10,13-14,16,18-20H2,1-3H3,(H,39,41)/t26-,27-,28+,29-,30-,34-,35-,36-,37-/m0/s1. The Hall–Kier alpha value is -4.74. The van der Waals surface area contributed by atoms with E-state index in [9.17, 15) is 49.4 Å². The molecular formula is C37H45FN2O14. The molecule has 1 aromatic rings. The largest absolute Gasteiger partial charge is 0.514 e. The van der Waals surface area contributed by atoms with Crippen LogP contribution in [0.3, 0.4) is 0 Å². The van der Waals surface area contributed by atoms with Crippen molar-refractivity contribution in [3.05, 3.63) is 63.7 Å². The third-order valence-electron chi connectivity index (χ3n) is 11.8. The molecule has 54 heavy (non-hydrogen) atoms. The molecule has 1 amide bonds. The van der Waals surface area contributed by atoms with Crippen molar-refractivity contribution >= 4 is 29.6 Å². The number of aliphatic hydroxyl groups excluding tert-OH is 2. The molecule has 0 aromatic heterocycles. The normalized spacial score (nSPS) is 32.9. The monoisotopic (exact) mass is 760 g/mol. The van der Waals surface area contributed by atoms with Crippen molar-refractivity contribution in [3.8, 4) is 5.75 Å². The van der Waals surface area contributed by atoms with E-state index in [1.54, 1.807) is 13.0 Å². The van der Waals surface area contributed by atoms with E-state index in [-0.39, 0.29) is 56.9 Å². The van der Waals surface area contributed by atoms with Gasteiger partial charge in [0, 0.05) is 30.1 Å². The fourth-order valence-electron chi connectivity index (χ4n) is 9.12. The Morgan fingerprint density at radius 1 is 1.09 bits per heavy atom. The van der Waals surface area contributed by atoms with E-state index in [0.717, 1.165) is 0 Å². The fourth-order valence-corrected chi connectivity index (χ4v) is 9.12. The molecule has 3 saturated carbocycles. The van der Waals surface area contributed by atoms with E-state index in [1.807, 2.05) is 0 Å². The average molecular weight is 761 g/mol. The van der Waals surface area contributed by atoms with Gasteiger partial charge in [-0.2, -0.15) is 0 Å². The highest BCUT2D eigenvalue weighted by atomic mass is 19.1. The summed E-state index contributed by atoms with van der Waals surface area (Å²) in [5.74, 6) is -4.29. The number of esters is 1. The summed E-state index contributed by atoms with van der Waals surface area (Å²) in [5.41, 5.74) is -6.58. The van der Waals surface area contributed by atoms with Gasteiger partial charge in [0.05, 0.1) is 25.4 Å². The van der Waals surface area contributed by atoms with Crippen LogP contribution >= 0.6 is 0 Å². The van der Waals surface area contributed by atoms with E-state index in [4.69, 9.17) is 14.2 Å². The molecule has 4 aliphatic carbocycles. The molecule has 294 valence electrons. The van der Waals surface area contributed by atoms with E-state index in [1.165, 1.54) is 50.3 Å². The number of carbonyl (C=O) groups excluding carboxylic acids is 5. The van der Waals surface area contributed by atoms with Gasteiger partial charge >= 0.3 is 12.1 Å². The fraction of sp³-hybridized carbons (Fsp3) is 0.595. The van der Waals surface area contributed by atoms with Crippen LogP contribution in [0.2, 0.25) is 0 Å². The summed E-state index contributed by atoms with van der Waals surface area (Å²) >= 11 is 0. The van der Waals surface area contributed by atoms with Crippen molar-refractivity contribution in [2.45, 2.75) is 95.2 Å². The summed E-state index contributed by atoms with van der Waals surface area (Å²) in [6.45, 7) is 3.09. The number of carbonyl (C=O) groups is 5. The van der Waals surface area contributed by atoms with Crippen LogP contribution in [-0.4, -0.2) is 99.3 Å². The number of hydrogen-bond acceptors (Lipinski definition) is 14. The van der Waals surface area contributed by atoms with Crippen LogP contribution in [0.4, 0.5) is 9.18 Å². The summed E-state index contributed by atoms with van der Waals surface area (Å²) in [6.07, 6.45) is -0.0483. The van der Waals surface area contributed by atoms with Gasteiger partial charge in [0.2, 0.25) is 11.7 Å². The third kappa shape index (κ3) is 7.36. The van der Waals surface area contributed by atoms with Crippen molar-refractivity contribution in [1.82, 2.24) is 5.32 Å². The number of aliphatic hydroxyl groups is 3. The molecule has 0 spiro atoms. The Balaban J connectivity index is 1.20. The first kappa shape index (κ1) is 40.4. The maximum Gasteiger partial charge on any atom is 0.514 e. The molecule has 16 nitrogen and oxygen atoms in total. The van der Waals surface area contributed by atoms with Crippen molar-refractivity contribution < 1.29 is 67.8 Å². The second-order valence-electron chi connectivity index (χ2n) is 14.9. The van der Waals surface area contributed by atoms with E-state index < -0.39 is 94.1 Å². The van der Waals surface area contributed by atoms with Gasteiger partial charge in [-0.05, 0) is 81.2 Å². The first-order chi connectivity index (χ1) is 25.4. The van der Waals surface area contributed by atoms with E-state index >= 15 is 4.39 Å². The number of ketones is 2. The van der Waals surface area contributed by atoms with Crippen LogP contribution in [0.5, 0.6) is 5.75 Å². The Bertz CT molecular complexity index is 1750. The molecule has 0 bridgehead atoms. The van der Waals surface area contributed by atoms with Gasteiger partial charge in [-0.3, -0.25) is 14.4 Å². The molecule has 17 heteroatoms. The van der Waals surface area contributed by atoms with E-state index in [0.29, 0.717) is 17.6 Å². The predicted molar refractivity (Wildman–Crippen MR) is 183 cm³/mol. The third-order valence-corrected chi connectivity index (χ3v) is 11.8. The van der Waals surface area contributed by atoms with Crippen molar-refractivity contribution in [2.75, 3.05) is 19.8 Å². The second kappa shape index (κ2) is 15.5. The van der Waals surface area contributed by atoms with Gasteiger partial charge in [0.15, 0.2) is 23.7 Å². The maximum absolute atomic E-state index is 17.4. The van der Waals surface area contributed by atoms with Gasteiger partial charge in [0.1, 0.15) is 11.8 Å². The zero-order valence-electron chi connectivity index (χ0n) is 30.2. The summed E-state index contributed by atoms with van der Waals surface area (Å²) in [7, 11) is 0. The van der Waals surface area contributed by atoms with Gasteiger partial charge in [-0.25, -0.2) is 14.0 Å². The number of Topliss-reactive ketones (excluding diaryl/α,β-unsaturated/α-hetero) is 1. The van der Waals surface area contributed by atoms with Crippen molar-refractivity contribution in [1.29, 1.82) is 0 Å². The molecule has 0 saturated heterocycles. The lowest BCUT2D eigenvalue weighted by Crippen LogP contribution is -2.69. The van der Waals surface area contributed by atoms with Gasteiger partial charge < -0.3 is 39.7 Å². The molecule has 0 unspecified atom stereocenters. The lowest BCUT2D eigenvalue weighted by Gasteiger charge is -2.62. The Morgan fingerprint density at radius 2 is 1.81 bits per heavy atom. The van der Waals surface area contributed by atoms with Gasteiger partial charge in [-0.15, -0.1) is 10.1 Å². The lowest BCUT2D eigenvalue weighted by molar-refractivity contribution is -0.757. The zero-order valence-corrected chi connectivity index (χ0v) is 30.2. The summed E-state index contributed by atoms with van der Waals surface area (Å²) in [4.78, 5) is 77.4. The van der Waals surface area contributed by atoms with Gasteiger partial charge in [-0.1, -0.05) is 30.7 Å². The van der Waals surface area contributed by atoms with Gasteiger partial charge in [0.25, 0.3) is 5.09 Å². The lowest BCUT2D eigenvalue weighted by atomic mass is 9.44. The number of nitrogens with zero attached hydrogens (tertiary/aromatic N) is 1. The number of rotatable bonds is 14. The molecule has 1 aromatic carbocycles. The molecule has 0 heterocycles. The molecule has 3 fully saturated rings. The highest BCUT2D eigenvalue weighted by molar-refractivity contribution is 6.01.